The summed E-state index contributed by atoms with van der Waals surface area (Å²) in [7, 11) is 1.79. The van der Waals surface area contributed by atoms with Gasteiger partial charge in [0.25, 0.3) is 15.9 Å². The van der Waals surface area contributed by atoms with Crippen LogP contribution in [-0.4, -0.2) is 42.1 Å². The van der Waals surface area contributed by atoms with Crippen LogP contribution in [0, 0.1) is 0 Å². The summed E-state index contributed by atoms with van der Waals surface area (Å²) in [5.41, 5.74) is 3.20. The molecule has 0 spiro atoms. The van der Waals surface area contributed by atoms with Gasteiger partial charge in [-0.3, -0.25) is 9.52 Å². The first-order valence-electron chi connectivity index (χ1n) is 10.6. The molecule has 0 heterocycles. The van der Waals surface area contributed by atoms with Crippen molar-refractivity contribution in [2.45, 2.75) is 17.7 Å². The van der Waals surface area contributed by atoms with Gasteiger partial charge < -0.3 is 15.0 Å². The van der Waals surface area contributed by atoms with Crippen molar-refractivity contribution in [3.8, 4) is 5.75 Å². The largest absolute Gasteiger partial charge is 0.497 e. The van der Waals surface area contributed by atoms with Crippen molar-refractivity contribution in [3.05, 3.63) is 83.9 Å². The molecule has 0 radical (unpaired) electrons. The van der Waals surface area contributed by atoms with Gasteiger partial charge >= 0.3 is 0 Å². The Bertz CT molecular complexity index is 1160. The van der Waals surface area contributed by atoms with E-state index >= 15 is 0 Å². The van der Waals surface area contributed by atoms with Crippen LogP contribution in [0.5, 0.6) is 5.75 Å². The van der Waals surface area contributed by atoms with Crippen LogP contribution in [-0.2, 0) is 16.4 Å². The summed E-state index contributed by atoms with van der Waals surface area (Å²) in [6.07, 6.45) is 1.67. The smallest absolute Gasteiger partial charge is 0.261 e. The lowest BCUT2D eigenvalue weighted by molar-refractivity contribution is 0.0953. The average Bonchev–Trinajstić information content (AvgIpc) is 2.82. The Morgan fingerprint density at radius 1 is 0.909 bits per heavy atom. The Hall–Kier alpha value is -3.52. The zero-order chi connectivity index (χ0) is 23.8. The summed E-state index contributed by atoms with van der Waals surface area (Å²) in [6.45, 7) is 0.535. The zero-order valence-corrected chi connectivity index (χ0v) is 19.9. The van der Waals surface area contributed by atoms with Crippen molar-refractivity contribution in [2.75, 3.05) is 37.4 Å². The second kappa shape index (κ2) is 10.9. The van der Waals surface area contributed by atoms with E-state index in [2.05, 4.69) is 39.2 Å². The van der Waals surface area contributed by atoms with Crippen molar-refractivity contribution in [3.63, 3.8) is 0 Å². The maximum atomic E-state index is 12.6. The second-order valence-corrected chi connectivity index (χ2v) is 9.46. The SMILES string of the molecule is COc1ccc(NS(=O)(=O)c2ccc(C(=O)NCCCc3ccc(N(C)C)cc3)cc2)cc1. The third-order valence-electron chi connectivity index (χ3n) is 5.15. The maximum Gasteiger partial charge on any atom is 0.261 e. The molecule has 0 saturated heterocycles. The minimum absolute atomic E-state index is 0.0797. The number of benzene rings is 3. The number of amides is 1. The first-order valence-corrected chi connectivity index (χ1v) is 12.1. The van der Waals surface area contributed by atoms with Crippen LogP contribution < -0.4 is 19.7 Å². The van der Waals surface area contributed by atoms with E-state index in [0.717, 1.165) is 18.5 Å². The lowest BCUT2D eigenvalue weighted by Gasteiger charge is -2.12. The lowest BCUT2D eigenvalue weighted by Crippen LogP contribution is -2.24. The third-order valence-corrected chi connectivity index (χ3v) is 6.55. The van der Waals surface area contributed by atoms with E-state index in [4.69, 9.17) is 4.74 Å². The molecule has 0 aliphatic carbocycles. The predicted molar refractivity (Wildman–Crippen MR) is 132 cm³/mol. The van der Waals surface area contributed by atoms with Crippen molar-refractivity contribution in [1.82, 2.24) is 5.32 Å². The fourth-order valence-electron chi connectivity index (χ4n) is 3.22. The molecule has 1 amide bonds. The standard InChI is InChI=1S/C25H29N3O4S/c1-28(2)22-12-6-19(7-13-22)5-4-18-26-25(29)20-8-16-24(17-9-20)33(30,31)27-21-10-14-23(32-3)15-11-21/h6-17,27H,4-5,18H2,1-3H3,(H,26,29). The fourth-order valence-corrected chi connectivity index (χ4v) is 4.27. The van der Waals surface area contributed by atoms with Gasteiger partial charge in [0.15, 0.2) is 0 Å². The number of carbonyl (C=O) groups excluding carboxylic acids is 1. The van der Waals surface area contributed by atoms with Gasteiger partial charge in [-0.2, -0.15) is 0 Å². The molecule has 0 aliphatic rings. The van der Waals surface area contributed by atoms with Crippen LogP contribution in [0.15, 0.2) is 77.7 Å². The molecule has 8 heteroatoms. The molecule has 0 fully saturated rings. The number of nitrogens with one attached hydrogen (secondary N) is 2. The number of ether oxygens (including phenoxy) is 1. The summed E-state index contributed by atoms with van der Waals surface area (Å²) in [5, 5.41) is 2.88. The number of hydrogen-bond acceptors (Lipinski definition) is 5. The lowest BCUT2D eigenvalue weighted by atomic mass is 10.1. The highest BCUT2D eigenvalue weighted by Crippen LogP contribution is 2.20. The Morgan fingerprint density at radius 3 is 2.12 bits per heavy atom. The molecule has 33 heavy (non-hydrogen) atoms. The van der Waals surface area contributed by atoms with Gasteiger partial charge in [-0.05, 0) is 79.1 Å². The molecule has 0 bridgehead atoms. The number of carbonyl (C=O) groups is 1. The fraction of sp³-hybridized carbons (Fsp3) is 0.240. The summed E-state index contributed by atoms with van der Waals surface area (Å²) in [6, 6.07) is 20.8. The second-order valence-electron chi connectivity index (χ2n) is 7.78. The average molecular weight is 468 g/mol. The van der Waals surface area contributed by atoms with Gasteiger partial charge in [-0.1, -0.05) is 12.1 Å². The van der Waals surface area contributed by atoms with Gasteiger partial charge in [-0.15, -0.1) is 0 Å². The van der Waals surface area contributed by atoms with Crippen LogP contribution >= 0.6 is 0 Å². The Kier molecular flexibility index (Phi) is 7.95. The number of hydrogen-bond donors (Lipinski definition) is 2. The van der Waals surface area contributed by atoms with Gasteiger partial charge in [0.05, 0.1) is 12.0 Å². The Morgan fingerprint density at radius 2 is 1.55 bits per heavy atom. The van der Waals surface area contributed by atoms with E-state index in [1.165, 1.54) is 29.8 Å². The molecule has 7 nitrogen and oxygen atoms in total. The van der Waals surface area contributed by atoms with E-state index < -0.39 is 10.0 Å². The van der Waals surface area contributed by atoms with Crippen molar-refractivity contribution in [1.29, 1.82) is 0 Å². The van der Waals surface area contributed by atoms with Gasteiger partial charge in [0, 0.05) is 37.6 Å². The monoisotopic (exact) mass is 467 g/mol. The van der Waals surface area contributed by atoms with Crippen molar-refractivity contribution in [2.24, 2.45) is 0 Å². The molecular formula is C25H29N3O4S. The Labute approximate surface area is 195 Å². The molecule has 0 aliphatic heterocycles. The summed E-state index contributed by atoms with van der Waals surface area (Å²) >= 11 is 0. The van der Waals surface area contributed by atoms with Crippen LogP contribution in [0.25, 0.3) is 0 Å². The quantitative estimate of drug-likeness (QED) is 0.441. The molecule has 2 N–H and O–H groups in total. The minimum Gasteiger partial charge on any atom is -0.497 e. The minimum atomic E-state index is -3.76. The zero-order valence-electron chi connectivity index (χ0n) is 19.0. The van der Waals surface area contributed by atoms with E-state index in [9.17, 15) is 13.2 Å². The molecular weight excluding hydrogens is 438 g/mol. The van der Waals surface area contributed by atoms with Crippen LogP contribution in [0.4, 0.5) is 11.4 Å². The predicted octanol–water partition coefficient (Wildman–Crippen LogP) is 3.92. The summed E-state index contributed by atoms with van der Waals surface area (Å²) in [4.78, 5) is 14.5. The maximum absolute atomic E-state index is 12.6. The van der Waals surface area contributed by atoms with E-state index in [1.54, 1.807) is 31.4 Å². The number of methoxy groups -OCH3 is 1. The summed E-state index contributed by atoms with van der Waals surface area (Å²) in [5.74, 6) is 0.403. The Balaban J connectivity index is 1.50. The summed E-state index contributed by atoms with van der Waals surface area (Å²) < 4.78 is 32.8. The topological polar surface area (TPSA) is 87.7 Å². The van der Waals surface area contributed by atoms with Crippen LogP contribution in [0.1, 0.15) is 22.3 Å². The van der Waals surface area contributed by atoms with Gasteiger partial charge in [0.2, 0.25) is 0 Å². The molecule has 0 saturated carbocycles. The molecule has 3 aromatic carbocycles. The van der Waals surface area contributed by atoms with E-state index in [1.807, 2.05) is 14.1 Å². The highest BCUT2D eigenvalue weighted by atomic mass is 32.2. The molecule has 0 unspecified atom stereocenters. The molecule has 174 valence electrons. The van der Waals surface area contributed by atoms with Crippen molar-refractivity contribution < 1.29 is 17.9 Å². The highest BCUT2D eigenvalue weighted by Gasteiger charge is 2.15. The molecule has 0 aromatic heterocycles. The number of nitrogens with zero attached hydrogens (tertiary/aromatic N) is 1. The highest BCUT2D eigenvalue weighted by molar-refractivity contribution is 7.92. The molecule has 0 atom stereocenters. The van der Waals surface area contributed by atoms with Gasteiger partial charge in [-0.25, -0.2) is 8.42 Å². The first kappa shape index (κ1) is 24.1. The van der Waals surface area contributed by atoms with Crippen molar-refractivity contribution >= 4 is 27.3 Å². The molecule has 3 rings (SSSR count). The van der Waals surface area contributed by atoms with E-state index in [-0.39, 0.29) is 10.8 Å². The van der Waals surface area contributed by atoms with Crippen LogP contribution in [0.2, 0.25) is 0 Å². The number of sulfonamides is 1. The first-order chi connectivity index (χ1) is 15.8. The van der Waals surface area contributed by atoms with E-state index in [0.29, 0.717) is 23.5 Å². The normalized spacial score (nSPS) is 11.0. The molecule has 3 aromatic rings. The van der Waals surface area contributed by atoms with Gasteiger partial charge in [0.1, 0.15) is 5.75 Å². The third kappa shape index (κ3) is 6.73. The number of anilines is 2. The number of aryl methyl sites for hydroxylation is 1. The number of rotatable bonds is 10. The van der Waals surface area contributed by atoms with Crippen LogP contribution in [0.3, 0.4) is 0 Å².